The summed E-state index contributed by atoms with van der Waals surface area (Å²) in [5.74, 6) is -0.587. The fourth-order valence-corrected chi connectivity index (χ4v) is 2.99. The second-order valence-corrected chi connectivity index (χ2v) is 6.65. The molecule has 0 saturated heterocycles. The first-order valence-electron chi connectivity index (χ1n) is 7.60. The summed E-state index contributed by atoms with van der Waals surface area (Å²) in [7, 11) is 1.34. The first-order chi connectivity index (χ1) is 11.4. The Morgan fingerprint density at radius 2 is 1.79 bits per heavy atom. The van der Waals surface area contributed by atoms with Gasteiger partial charge in [0, 0.05) is 10.0 Å². The normalized spacial score (nSPS) is 11.7. The molecule has 0 aromatic heterocycles. The number of hydrogen-bond donors (Lipinski definition) is 1. The highest BCUT2D eigenvalue weighted by Gasteiger charge is 2.20. The Labute approximate surface area is 150 Å². The molecule has 126 valence electrons. The minimum absolute atomic E-state index is 0.0729. The smallest absolute Gasteiger partial charge is 0.307 e. The van der Waals surface area contributed by atoms with Crippen molar-refractivity contribution in [3.8, 4) is 0 Å². The topological polar surface area (TPSA) is 55.4 Å². The number of aryl methyl sites for hydroxylation is 2. The average Bonchev–Trinajstić information content (AvgIpc) is 2.53. The van der Waals surface area contributed by atoms with Gasteiger partial charge in [0.1, 0.15) is 0 Å². The second kappa shape index (κ2) is 8.11. The van der Waals surface area contributed by atoms with Crippen LogP contribution in [0.3, 0.4) is 0 Å². The van der Waals surface area contributed by atoms with E-state index in [4.69, 9.17) is 4.74 Å². The zero-order valence-corrected chi connectivity index (χ0v) is 15.5. The van der Waals surface area contributed by atoms with Gasteiger partial charge in [0.05, 0.1) is 19.6 Å². The Balaban J connectivity index is 2.27. The summed E-state index contributed by atoms with van der Waals surface area (Å²) < 4.78 is 5.64. The molecule has 0 radical (unpaired) electrons. The maximum Gasteiger partial charge on any atom is 0.307 e. The minimum atomic E-state index is -0.455. The third-order valence-corrected chi connectivity index (χ3v) is 4.13. The van der Waals surface area contributed by atoms with E-state index >= 15 is 0 Å². The van der Waals surface area contributed by atoms with Crippen LogP contribution in [0.5, 0.6) is 0 Å². The lowest BCUT2D eigenvalue weighted by atomic mass is 10.0. The van der Waals surface area contributed by atoms with Crippen molar-refractivity contribution in [3.63, 3.8) is 0 Å². The SMILES string of the molecule is COC(=O)CC(NC(=O)c1cc(C)cc(C)c1)c1cccc(Br)c1. The number of carbonyl (C=O) groups is 2. The van der Waals surface area contributed by atoms with Gasteiger partial charge in [0.15, 0.2) is 0 Å². The van der Waals surface area contributed by atoms with Crippen LogP contribution in [-0.2, 0) is 9.53 Å². The van der Waals surface area contributed by atoms with E-state index in [0.29, 0.717) is 5.56 Å². The molecule has 0 aliphatic heterocycles. The Hall–Kier alpha value is -2.14. The highest BCUT2D eigenvalue weighted by Crippen LogP contribution is 2.22. The zero-order chi connectivity index (χ0) is 17.7. The Morgan fingerprint density at radius 1 is 1.12 bits per heavy atom. The number of esters is 1. The molecule has 2 rings (SSSR count). The molecular weight excluding hydrogens is 370 g/mol. The van der Waals surface area contributed by atoms with Crippen molar-refractivity contribution in [2.45, 2.75) is 26.3 Å². The lowest BCUT2D eigenvalue weighted by Gasteiger charge is -2.19. The standard InChI is InChI=1S/C19H20BrNO3/c1-12-7-13(2)9-15(8-12)19(23)21-17(11-18(22)24-3)14-5-4-6-16(20)10-14/h4-10,17H,11H2,1-3H3,(H,21,23). The number of nitrogens with one attached hydrogen (secondary N) is 1. The van der Waals surface area contributed by atoms with E-state index in [9.17, 15) is 9.59 Å². The van der Waals surface area contributed by atoms with Crippen LogP contribution in [0.25, 0.3) is 0 Å². The Kier molecular flexibility index (Phi) is 6.15. The quantitative estimate of drug-likeness (QED) is 0.783. The predicted molar refractivity (Wildman–Crippen MR) is 96.9 cm³/mol. The summed E-state index contributed by atoms with van der Waals surface area (Å²) in [6, 6.07) is 12.7. The average molecular weight is 390 g/mol. The third-order valence-electron chi connectivity index (χ3n) is 3.64. The zero-order valence-electron chi connectivity index (χ0n) is 13.9. The van der Waals surface area contributed by atoms with Crippen LogP contribution in [-0.4, -0.2) is 19.0 Å². The molecular formula is C19H20BrNO3. The van der Waals surface area contributed by atoms with Gasteiger partial charge < -0.3 is 10.1 Å². The first-order valence-corrected chi connectivity index (χ1v) is 8.40. The van der Waals surface area contributed by atoms with Gasteiger partial charge in [-0.05, 0) is 43.7 Å². The molecule has 24 heavy (non-hydrogen) atoms. The van der Waals surface area contributed by atoms with Crippen LogP contribution in [0.2, 0.25) is 0 Å². The fourth-order valence-electron chi connectivity index (χ4n) is 2.57. The van der Waals surface area contributed by atoms with Gasteiger partial charge in [-0.25, -0.2) is 0 Å². The second-order valence-electron chi connectivity index (χ2n) is 5.74. The molecule has 0 fully saturated rings. The van der Waals surface area contributed by atoms with Crippen molar-refractivity contribution in [1.29, 1.82) is 0 Å². The van der Waals surface area contributed by atoms with E-state index in [-0.39, 0.29) is 18.3 Å². The number of halogens is 1. The van der Waals surface area contributed by atoms with Gasteiger partial charge in [-0.15, -0.1) is 0 Å². The molecule has 0 bridgehead atoms. The van der Waals surface area contributed by atoms with E-state index < -0.39 is 6.04 Å². The number of ether oxygens (including phenoxy) is 1. The molecule has 1 amide bonds. The van der Waals surface area contributed by atoms with Gasteiger partial charge in [0.25, 0.3) is 5.91 Å². The van der Waals surface area contributed by atoms with E-state index in [0.717, 1.165) is 21.2 Å². The van der Waals surface area contributed by atoms with Crippen molar-refractivity contribution in [2.24, 2.45) is 0 Å². The molecule has 0 spiro atoms. The van der Waals surface area contributed by atoms with Crippen molar-refractivity contribution >= 4 is 27.8 Å². The fraction of sp³-hybridized carbons (Fsp3) is 0.263. The maximum atomic E-state index is 12.6. The van der Waals surface area contributed by atoms with Crippen LogP contribution in [0, 0.1) is 13.8 Å². The van der Waals surface area contributed by atoms with Crippen molar-refractivity contribution in [1.82, 2.24) is 5.32 Å². The van der Waals surface area contributed by atoms with Gasteiger partial charge in [-0.2, -0.15) is 0 Å². The number of hydrogen-bond acceptors (Lipinski definition) is 3. The van der Waals surface area contributed by atoms with Gasteiger partial charge in [0.2, 0.25) is 0 Å². The summed E-state index contributed by atoms with van der Waals surface area (Å²) in [6.07, 6.45) is 0.0729. The van der Waals surface area contributed by atoms with Crippen LogP contribution >= 0.6 is 15.9 Å². The maximum absolute atomic E-state index is 12.6. The summed E-state index contributed by atoms with van der Waals surface area (Å²) in [5, 5.41) is 2.94. The monoisotopic (exact) mass is 389 g/mol. The molecule has 2 aromatic carbocycles. The molecule has 5 heteroatoms. The van der Waals surface area contributed by atoms with Crippen LogP contribution in [0.1, 0.15) is 39.5 Å². The lowest BCUT2D eigenvalue weighted by molar-refractivity contribution is -0.141. The summed E-state index contributed by atoms with van der Waals surface area (Å²) in [6.45, 7) is 3.90. The molecule has 0 aliphatic carbocycles. The first kappa shape index (κ1) is 18.2. The van der Waals surface area contributed by atoms with Crippen LogP contribution in [0.15, 0.2) is 46.9 Å². The number of carbonyl (C=O) groups excluding carboxylic acids is 2. The summed E-state index contributed by atoms with van der Waals surface area (Å²) in [5.41, 5.74) is 3.46. The van der Waals surface area contributed by atoms with Crippen molar-refractivity contribution in [2.75, 3.05) is 7.11 Å². The largest absolute Gasteiger partial charge is 0.469 e. The van der Waals surface area contributed by atoms with Gasteiger partial charge >= 0.3 is 5.97 Å². The molecule has 2 aromatic rings. The van der Waals surface area contributed by atoms with Crippen molar-refractivity contribution < 1.29 is 14.3 Å². The van der Waals surface area contributed by atoms with Crippen LogP contribution in [0.4, 0.5) is 0 Å². The Morgan fingerprint density at radius 3 is 2.38 bits per heavy atom. The predicted octanol–water partition coefficient (Wildman–Crippen LogP) is 4.10. The molecule has 1 atom stereocenters. The van der Waals surface area contributed by atoms with E-state index in [1.807, 2.05) is 56.3 Å². The molecule has 4 nitrogen and oxygen atoms in total. The van der Waals surface area contributed by atoms with Crippen LogP contribution < -0.4 is 5.32 Å². The van der Waals surface area contributed by atoms with E-state index in [1.54, 1.807) is 0 Å². The summed E-state index contributed by atoms with van der Waals surface area (Å²) >= 11 is 3.42. The highest BCUT2D eigenvalue weighted by atomic mass is 79.9. The van der Waals surface area contributed by atoms with E-state index in [1.165, 1.54) is 7.11 Å². The lowest BCUT2D eigenvalue weighted by Crippen LogP contribution is -2.30. The van der Waals surface area contributed by atoms with Gasteiger partial charge in [-0.1, -0.05) is 45.3 Å². The molecule has 1 N–H and O–H groups in total. The number of benzene rings is 2. The number of rotatable bonds is 5. The number of methoxy groups -OCH3 is 1. The molecule has 0 saturated carbocycles. The minimum Gasteiger partial charge on any atom is -0.469 e. The number of amides is 1. The van der Waals surface area contributed by atoms with Crippen molar-refractivity contribution in [3.05, 3.63) is 69.2 Å². The molecule has 0 aliphatic rings. The molecule has 0 heterocycles. The summed E-state index contributed by atoms with van der Waals surface area (Å²) in [4.78, 5) is 24.3. The molecule has 1 unspecified atom stereocenters. The Bertz CT molecular complexity index is 738. The van der Waals surface area contributed by atoms with Gasteiger partial charge in [-0.3, -0.25) is 9.59 Å². The van der Waals surface area contributed by atoms with E-state index in [2.05, 4.69) is 21.2 Å². The highest BCUT2D eigenvalue weighted by molar-refractivity contribution is 9.10. The third kappa shape index (κ3) is 4.93.